The first-order valence-corrected chi connectivity index (χ1v) is 5.93. The minimum Gasteiger partial charge on any atom is -0.494 e. The molecular weight excluding hydrogens is 220 g/mol. The molecule has 1 saturated heterocycles. The van der Waals surface area contributed by atoms with E-state index >= 15 is 0 Å². The van der Waals surface area contributed by atoms with Crippen LogP contribution in [0.3, 0.4) is 0 Å². The highest BCUT2D eigenvalue weighted by molar-refractivity contribution is 5.29. The van der Waals surface area contributed by atoms with Crippen molar-refractivity contribution in [3.63, 3.8) is 0 Å². The summed E-state index contributed by atoms with van der Waals surface area (Å²) in [5, 5.41) is 10.1. The van der Waals surface area contributed by atoms with Gasteiger partial charge in [0.15, 0.2) is 6.29 Å². The van der Waals surface area contributed by atoms with Crippen molar-refractivity contribution in [2.75, 3.05) is 19.8 Å². The van der Waals surface area contributed by atoms with E-state index in [1.807, 2.05) is 31.2 Å². The molecule has 0 amide bonds. The second kappa shape index (κ2) is 6.00. The Kier molecular flexibility index (Phi) is 4.36. The number of hydrogen-bond acceptors (Lipinski definition) is 4. The minimum absolute atomic E-state index is 0.291. The molecule has 1 heterocycles. The van der Waals surface area contributed by atoms with E-state index in [1.165, 1.54) is 0 Å². The van der Waals surface area contributed by atoms with Crippen LogP contribution in [0.1, 0.15) is 25.0 Å². The molecule has 0 bridgehead atoms. The lowest BCUT2D eigenvalue weighted by Crippen LogP contribution is -2.13. The van der Waals surface area contributed by atoms with Crippen molar-refractivity contribution in [1.82, 2.24) is 0 Å². The van der Waals surface area contributed by atoms with E-state index < -0.39 is 6.10 Å². The van der Waals surface area contributed by atoms with Crippen LogP contribution in [0.5, 0.6) is 5.75 Å². The van der Waals surface area contributed by atoms with Crippen molar-refractivity contribution < 1.29 is 19.3 Å². The van der Waals surface area contributed by atoms with E-state index in [2.05, 4.69) is 0 Å². The zero-order chi connectivity index (χ0) is 12.1. The van der Waals surface area contributed by atoms with E-state index in [9.17, 15) is 5.11 Å². The van der Waals surface area contributed by atoms with Gasteiger partial charge < -0.3 is 19.3 Å². The highest BCUT2D eigenvalue weighted by Gasteiger charge is 2.21. The van der Waals surface area contributed by atoms with Gasteiger partial charge in [0.2, 0.25) is 0 Å². The first kappa shape index (κ1) is 12.4. The van der Waals surface area contributed by atoms with Gasteiger partial charge in [-0.05, 0) is 24.6 Å². The van der Waals surface area contributed by atoms with Crippen LogP contribution in [0.25, 0.3) is 0 Å². The number of hydrogen-bond donors (Lipinski definition) is 1. The normalized spacial score (nSPS) is 18.2. The molecule has 2 rings (SSSR count). The van der Waals surface area contributed by atoms with Gasteiger partial charge in [0.25, 0.3) is 0 Å². The van der Waals surface area contributed by atoms with Gasteiger partial charge in [-0.15, -0.1) is 0 Å². The van der Waals surface area contributed by atoms with Crippen molar-refractivity contribution in [3.8, 4) is 5.75 Å². The van der Waals surface area contributed by atoms with Crippen LogP contribution < -0.4 is 4.74 Å². The summed E-state index contributed by atoms with van der Waals surface area (Å²) in [5.41, 5.74) is 0.829. The molecule has 1 aliphatic heterocycles. The second-order valence-electron chi connectivity index (χ2n) is 3.93. The molecule has 0 aliphatic carbocycles. The molecule has 94 valence electrons. The third kappa shape index (κ3) is 3.43. The average Bonchev–Trinajstić information content (AvgIpc) is 2.83. The Morgan fingerprint density at radius 1 is 1.41 bits per heavy atom. The molecule has 1 unspecified atom stereocenters. The van der Waals surface area contributed by atoms with Gasteiger partial charge in [-0.1, -0.05) is 12.1 Å². The molecule has 1 fully saturated rings. The molecular formula is C13H18O4. The highest BCUT2D eigenvalue weighted by atomic mass is 16.7. The van der Waals surface area contributed by atoms with Gasteiger partial charge in [0.05, 0.1) is 25.9 Å². The van der Waals surface area contributed by atoms with E-state index in [-0.39, 0.29) is 6.29 Å². The van der Waals surface area contributed by atoms with E-state index in [4.69, 9.17) is 14.2 Å². The molecule has 1 aromatic rings. The lowest BCUT2D eigenvalue weighted by atomic mass is 10.1. The summed E-state index contributed by atoms with van der Waals surface area (Å²) in [4.78, 5) is 0. The van der Waals surface area contributed by atoms with Gasteiger partial charge in [-0.25, -0.2) is 0 Å². The number of ether oxygens (including phenoxy) is 3. The van der Waals surface area contributed by atoms with E-state index in [1.54, 1.807) is 0 Å². The first-order valence-electron chi connectivity index (χ1n) is 5.93. The van der Waals surface area contributed by atoms with Crippen molar-refractivity contribution in [3.05, 3.63) is 29.8 Å². The Bertz CT molecular complexity index is 347. The van der Waals surface area contributed by atoms with Gasteiger partial charge in [-0.2, -0.15) is 0 Å². The van der Waals surface area contributed by atoms with Crippen LogP contribution in [0.2, 0.25) is 0 Å². The van der Waals surface area contributed by atoms with Crippen LogP contribution in [0.15, 0.2) is 24.3 Å². The maximum Gasteiger partial charge on any atom is 0.160 e. The quantitative estimate of drug-likeness (QED) is 0.851. The molecule has 4 nitrogen and oxygen atoms in total. The van der Waals surface area contributed by atoms with Crippen molar-refractivity contribution in [2.24, 2.45) is 0 Å². The molecule has 4 heteroatoms. The van der Waals surface area contributed by atoms with Gasteiger partial charge in [-0.3, -0.25) is 0 Å². The summed E-state index contributed by atoms with van der Waals surface area (Å²) in [7, 11) is 0. The van der Waals surface area contributed by atoms with Crippen LogP contribution in [-0.4, -0.2) is 31.2 Å². The van der Waals surface area contributed by atoms with Gasteiger partial charge >= 0.3 is 0 Å². The lowest BCUT2D eigenvalue weighted by molar-refractivity contribution is -0.0708. The number of aliphatic hydroxyl groups is 1. The summed E-state index contributed by atoms with van der Waals surface area (Å²) < 4.78 is 16.0. The second-order valence-corrected chi connectivity index (χ2v) is 3.93. The Hall–Kier alpha value is -1.10. The summed E-state index contributed by atoms with van der Waals surface area (Å²) in [6, 6.07) is 7.48. The van der Waals surface area contributed by atoms with Crippen LogP contribution in [-0.2, 0) is 9.47 Å². The largest absolute Gasteiger partial charge is 0.494 e. The summed E-state index contributed by atoms with van der Waals surface area (Å²) in [6.07, 6.45) is -0.422. The molecule has 0 spiro atoms. The molecule has 0 radical (unpaired) electrons. The monoisotopic (exact) mass is 238 g/mol. The zero-order valence-electron chi connectivity index (χ0n) is 9.96. The highest BCUT2D eigenvalue weighted by Crippen LogP contribution is 2.25. The SMILES string of the molecule is CCOc1cccc(C(O)CC2OCCO2)c1. The fraction of sp³-hybridized carbons (Fsp3) is 0.538. The topological polar surface area (TPSA) is 47.9 Å². The Balaban J connectivity index is 1.97. The van der Waals surface area contributed by atoms with Crippen LogP contribution in [0, 0.1) is 0 Å². The van der Waals surface area contributed by atoms with Crippen molar-refractivity contribution in [1.29, 1.82) is 0 Å². The molecule has 1 aromatic carbocycles. The Morgan fingerprint density at radius 2 is 2.18 bits per heavy atom. The zero-order valence-corrected chi connectivity index (χ0v) is 9.96. The van der Waals surface area contributed by atoms with Crippen LogP contribution in [0.4, 0.5) is 0 Å². The standard InChI is InChI=1S/C13H18O4/c1-2-15-11-5-3-4-10(8-11)12(14)9-13-16-6-7-17-13/h3-5,8,12-14H,2,6-7,9H2,1H3. The van der Waals surface area contributed by atoms with Gasteiger partial charge in [0, 0.05) is 6.42 Å². The third-order valence-electron chi connectivity index (χ3n) is 2.66. The Labute approximate surface area is 101 Å². The maximum atomic E-state index is 10.1. The number of benzene rings is 1. The number of aliphatic hydroxyl groups excluding tert-OH is 1. The van der Waals surface area contributed by atoms with E-state index in [0.717, 1.165) is 11.3 Å². The molecule has 17 heavy (non-hydrogen) atoms. The third-order valence-corrected chi connectivity index (χ3v) is 2.66. The summed E-state index contributed by atoms with van der Waals surface area (Å²) >= 11 is 0. The lowest BCUT2D eigenvalue weighted by Gasteiger charge is -2.15. The predicted molar refractivity (Wildman–Crippen MR) is 62.9 cm³/mol. The molecule has 1 N–H and O–H groups in total. The summed E-state index contributed by atoms with van der Waals surface area (Å²) in [5.74, 6) is 0.775. The van der Waals surface area contributed by atoms with Crippen molar-refractivity contribution in [2.45, 2.75) is 25.7 Å². The fourth-order valence-electron chi connectivity index (χ4n) is 1.84. The fourth-order valence-corrected chi connectivity index (χ4v) is 1.84. The molecule has 0 aromatic heterocycles. The maximum absolute atomic E-state index is 10.1. The Morgan fingerprint density at radius 3 is 2.88 bits per heavy atom. The van der Waals surface area contributed by atoms with Crippen molar-refractivity contribution >= 4 is 0 Å². The minimum atomic E-state index is -0.585. The first-order chi connectivity index (χ1) is 8.29. The molecule has 1 atom stereocenters. The smallest absolute Gasteiger partial charge is 0.160 e. The number of rotatable bonds is 5. The summed E-state index contributed by atoms with van der Waals surface area (Å²) in [6.45, 7) is 3.77. The van der Waals surface area contributed by atoms with E-state index in [0.29, 0.717) is 26.2 Å². The van der Waals surface area contributed by atoms with Gasteiger partial charge in [0.1, 0.15) is 5.75 Å². The van der Waals surface area contributed by atoms with Crippen LogP contribution >= 0.6 is 0 Å². The molecule has 1 aliphatic rings. The molecule has 0 saturated carbocycles. The average molecular weight is 238 g/mol. The predicted octanol–water partition coefficient (Wildman–Crippen LogP) is 1.88.